The molecule has 0 fully saturated rings. The summed E-state index contributed by atoms with van der Waals surface area (Å²) < 4.78 is 5.35. The number of anilines is 1. The molecule has 6 nitrogen and oxygen atoms in total. The van der Waals surface area contributed by atoms with Gasteiger partial charge in [0.1, 0.15) is 11.5 Å². The summed E-state index contributed by atoms with van der Waals surface area (Å²) in [4.78, 5) is 16.1. The van der Waals surface area contributed by atoms with Gasteiger partial charge in [0.05, 0.1) is 11.3 Å². The largest absolute Gasteiger partial charge is 0.466 e. The first-order chi connectivity index (χ1) is 10.1. The molecule has 0 saturated carbocycles. The molecular weight excluding hydrogens is 268 g/mol. The van der Waals surface area contributed by atoms with Gasteiger partial charge in [0.15, 0.2) is 5.82 Å². The van der Waals surface area contributed by atoms with Crippen LogP contribution in [0.4, 0.5) is 5.82 Å². The Morgan fingerprint density at radius 2 is 2.00 bits per heavy atom. The number of nitrogens with zero attached hydrogens (tertiary/aromatic N) is 2. The van der Waals surface area contributed by atoms with Crippen molar-refractivity contribution in [3.8, 4) is 11.3 Å². The van der Waals surface area contributed by atoms with Gasteiger partial charge < -0.3 is 9.73 Å². The van der Waals surface area contributed by atoms with Crippen molar-refractivity contribution in [3.63, 3.8) is 0 Å². The second-order valence-electron chi connectivity index (χ2n) is 4.68. The Kier molecular flexibility index (Phi) is 3.27. The van der Waals surface area contributed by atoms with Gasteiger partial charge in [-0.2, -0.15) is 5.10 Å². The first kappa shape index (κ1) is 13.1. The molecule has 0 saturated heterocycles. The van der Waals surface area contributed by atoms with Crippen molar-refractivity contribution in [1.82, 2.24) is 15.2 Å². The van der Waals surface area contributed by atoms with Gasteiger partial charge in [-0.1, -0.05) is 0 Å². The van der Waals surface area contributed by atoms with Gasteiger partial charge in [-0.15, -0.1) is 0 Å². The maximum Gasteiger partial charge on any atom is 0.260 e. The summed E-state index contributed by atoms with van der Waals surface area (Å²) in [6.07, 6.45) is 3.40. The number of furan rings is 1. The van der Waals surface area contributed by atoms with Crippen LogP contribution in [0.3, 0.4) is 0 Å². The average molecular weight is 282 g/mol. The first-order valence-corrected chi connectivity index (χ1v) is 6.47. The topological polar surface area (TPSA) is 83.8 Å². The third-order valence-electron chi connectivity index (χ3n) is 3.10. The number of aromatic amines is 1. The first-order valence-electron chi connectivity index (χ1n) is 6.47. The number of amides is 1. The van der Waals surface area contributed by atoms with Gasteiger partial charge in [-0.3, -0.25) is 14.9 Å². The predicted molar refractivity (Wildman–Crippen MR) is 78.0 cm³/mol. The average Bonchev–Trinajstić information content (AvgIpc) is 3.06. The maximum absolute atomic E-state index is 12.2. The van der Waals surface area contributed by atoms with E-state index in [2.05, 4.69) is 20.5 Å². The van der Waals surface area contributed by atoms with Crippen LogP contribution in [0.1, 0.15) is 21.9 Å². The van der Waals surface area contributed by atoms with E-state index in [0.29, 0.717) is 22.9 Å². The summed E-state index contributed by atoms with van der Waals surface area (Å²) in [7, 11) is 0. The summed E-state index contributed by atoms with van der Waals surface area (Å²) in [5.74, 6) is 1.52. The van der Waals surface area contributed by atoms with Crippen molar-refractivity contribution in [1.29, 1.82) is 0 Å². The second-order valence-corrected chi connectivity index (χ2v) is 4.68. The lowest BCUT2D eigenvalue weighted by molar-refractivity contribution is 0.102. The molecule has 0 aliphatic carbocycles. The summed E-state index contributed by atoms with van der Waals surface area (Å²) >= 11 is 0. The fourth-order valence-electron chi connectivity index (χ4n) is 2.11. The van der Waals surface area contributed by atoms with Crippen LogP contribution in [-0.4, -0.2) is 21.1 Å². The number of pyridine rings is 1. The molecular formula is C15H14N4O2. The molecule has 3 heterocycles. The van der Waals surface area contributed by atoms with Gasteiger partial charge in [0, 0.05) is 24.0 Å². The smallest absolute Gasteiger partial charge is 0.260 e. The van der Waals surface area contributed by atoms with Crippen molar-refractivity contribution < 1.29 is 9.21 Å². The summed E-state index contributed by atoms with van der Waals surface area (Å²) in [6, 6.07) is 7.21. The van der Waals surface area contributed by atoms with Crippen LogP contribution in [0, 0.1) is 13.8 Å². The van der Waals surface area contributed by atoms with Crippen LogP contribution in [0.25, 0.3) is 11.3 Å². The number of aryl methyl sites for hydroxylation is 2. The highest BCUT2D eigenvalue weighted by atomic mass is 16.3. The molecule has 0 radical (unpaired) electrons. The Morgan fingerprint density at radius 3 is 2.67 bits per heavy atom. The number of carbonyl (C=O) groups is 1. The van der Waals surface area contributed by atoms with Gasteiger partial charge in [0.25, 0.3) is 5.91 Å². The van der Waals surface area contributed by atoms with Crippen molar-refractivity contribution >= 4 is 11.7 Å². The zero-order chi connectivity index (χ0) is 14.8. The van der Waals surface area contributed by atoms with E-state index in [1.54, 1.807) is 38.4 Å². The highest BCUT2D eigenvalue weighted by Crippen LogP contribution is 2.20. The highest BCUT2D eigenvalue weighted by molar-refractivity contribution is 6.04. The monoisotopic (exact) mass is 282 g/mol. The zero-order valence-electron chi connectivity index (χ0n) is 11.7. The van der Waals surface area contributed by atoms with E-state index in [-0.39, 0.29) is 5.91 Å². The molecule has 21 heavy (non-hydrogen) atoms. The normalized spacial score (nSPS) is 10.6. The number of hydrogen-bond acceptors (Lipinski definition) is 4. The van der Waals surface area contributed by atoms with Crippen LogP contribution in [0.5, 0.6) is 0 Å². The van der Waals surface area contributed by atoms with Crippen LogP contribution < -0.4 is 5.32 Å². The van der Waals surface area contributed by atoms with Crippen LogP contribution in [-0.2, 0) is 0 Å². The van der Waals surface area contributed by atoms with Gasteiger partial charge >= 0.3 is 0 Å². The molecule has 0 aliphatic heterocycles. The molecule has 106 valence electrons. The lowest BCUT2D eigenvalue weighted by Gasteiger charge is -1.99. The fraction of sp³-hybridized carbons (Fsp3) is 0.133. The Morgan fingerprint density at radius 1 is 1.24 bits per heavy atom. The van der Waals surface area contributed by atoms with Crippen LogP contribution in [0.2, 0.25) is 0 Å². The summed E-state index contributed by atoms with van der Waals surface area (Å²) in [5.41, 5.74) is 2.28. The molecule has 0 unspecified atom stereocenters. The minimum atomic E-state index is -0.239. The molecule has 3 aromatic rings. The zero-order valence-corrected chi connectivity index (χ0v) is 11.7. The number of aromatic nitrogens is 3. The summed E-state index contributed by atoms with van der Waals surface area (Å²) in [6.45, 7) is 3.56. The maximum atomic E-state index is 12.2. The Labute approximate surface area is 121 Å². The van der Waals surface area contributed by atoms with Gasteiger partial charge in [0.2, 0.25) is 0 Å². The predicted octanol–water partition coefficient (Wildman–Crippen LogP) is 2.93. The molecule has 0 aromatic carbocycles. The van der Waals surface area contributed by atoms with Crippen molar-refractivity contribution in [3.05, 3.63) is 53.7 Å². The fourth-order valence-corrected chi connectivity index (χ4v) is 2.11. The minimum Gasteiger partial charge on any atom is -0.466 e. The third-order valence-corrected chi connectivity index (χ3v) is 3.10. The molecule has 0 atom stereocenters. The van der Waals surface area contributed by atoms with E-state index < -0.39 is 0 Å². The minimum absolute atomic E-state index is 0.239. The van der Waals surface area contributed by atoms with E-state index >= 15 is 0 Å². The Balaban J connectivity index is 1.79. The van der Waals surface area contributed by atoms with Crippen molar-refractivity contribution in [2.24, 2.45) is 0 Å². The highest BCUT2D eigenvalue weighted by Gasteiger charge is 2.15. The summed E-state index contributed by atoms with van der Waals surface area (Å²) in [5, 5.41) is 9.71. The van der Waals surface area contributed by atoms with E-state index in [1.807, 2.05) is 12.1 Å². The molecule has 3 aromatic heterocycles. The van der Waals surface area contributed by atoms with Crippen LogP contribution in [0.15, 0.2) is 41.1 Å². The lowest BCUT2D eigenvalue weighted by atomic mass is 10.2. The van der Waals surface area contributed by atoms with Gasteiger partial charge in [-0.05, 0) is 32.0 Å². The molecule has 0 aliphatic rings. The molecule has 0 spiro atoms. The van der Waals surface area contributed by atoms with Crippen molar-refractivity contribution in [2.45, 2.75) is 13.8 Å². The standard InChI is InChI=1S/C15H14N4O2/c1-9-7-12(10(2)21-9)15(20)17-14-8-13(18-19-14)11-3-5-16-6-4-11/h3-8H,1-2H3,(H2,17,18,19,20). The molecule has 1 amide bonds. The molecule has 3 rings (SSSR count). The Bertz CT molecular complexity index is 774. The Hall–Kier alpha value is -2.89. The van der Waals surface area contributed by atoms with E-state index in [1.165, 1.54) is 0 Å². The van der Waals surface area contributed by atoms with Gasteiger partial charge in [-0.25, -0.2) is 0 Å². The second kappa shape index (κ2) is 5.24. The third kappa shape index (κ3) is 2.69. The van der Waals surface area contributed by atoms with Crippen molar-refractivity contribution in [2.75, 3.05) is 5.32 Å². The molecule has 2 N–H and O–H groups in total. The molecule has 0 bridgehead atoms. The number of hydrogen-bond donors (Lipinski definition) is 2. The lowest BCUT2D eigenvalue weighted by Crippen LogP contribution is -2.12. The van der Waals surface area contributed by atoms with E-state index in [4.69, 9.17) is 4.42 Å². The van der Waals surface area contributed by atoms with Crippen LogP contribution >= 0.6 is 0 Å². The number of H-pyrrole nitrogens is 1. The quantitative estimate of drug-likeness (QED) is 0.773. The van der Waals surface area contributed by atoms with E-state index in [9.17, 15) is 4.79 Å². The SMILES string of the molecule is Cc1cc(C(=O)Nc2cc(-c3ccncc3)[nH]n2)c(C)o1. The number of rotatable bonds is 3. The number of nitrogens with one attached hydrogen (secondary N) is 2. The molecule has 6 heteroatoms. The van der Waals surface area contributed by atoms with E-state index in [0.717, 1.165) is 11.3 Å². The number of carbonyl (C=O) groups excluding carboxylic acids is 1.